The van der Waals surface area contributed by atoms with Gasteiger partial charge in [-0.05, 0) is 23.3 Å². The van der Waals surface area contributed by atoms with Gasteiger partial charge < -0.3 is 14.2 Å². The lowest BCUT2D eigenvalue weighted by atomic mass is 9.81. The molecular weight excluding hydrogens is 338 g/mol. The molecule has 7 nitrogen and oxygen atoms in total. The molecule has 1 aliphatic rings. The molecule has 0 amide bonds. The highest BCUT2D eigenvalue weighted by Gasteiger charge is 2.32. The molecule has 2 aromatic rings. The fraction of sp³-hybridized carbons (Fsp3) is 0.211. The zero-order chi connectivity index (χ0) is 18.7. The van der Waals surface area contributed by atoms with Crippen molar-refractivity contribution in [2.24, 2.45) is 0 Å². The molecule has 0 spiro atoms. The van der Waals surface area contributed by atoms with E-state index in [-0.39, 0.29) is 12.5 Å². The number of hydrogen-bond acceptors (Lipinski definition) is 6. The molecule has 0 radical (unpaired) electrons. The first-order valence-electron chi connectivity index (χ1n) is 7.89. The van der Waals surface area contributed by atoms with Crippen molar-refractivity contribution < 1.29 is 23.9 Å². The van der Waals surface area contributed by atoms with Crippen molar-refractivity contribution in [2.45, 2.75) is 11.8 Å². The smallest absolute Gasteiger partial charge is 0.314 e. The summed E-state index contributed by atoms with van der Waals surface area (Å²) in [6.07, 6.45) is 1.62. The van der Waals surface area contributed by atoms with Gasteiger partial charge >= 0.3 is 5.97 Å². The molecule has 0 fully saturated rings. The summed E-state index contributed by atoms with van der Waals surface area (Å²) in [5.41, 5.74) is 1.16. The molecular formula is C19H17NO6. The highest BCUT2D eigenvalue weighted by molar-refractivity contribution is 5.80. The third-order valence-corrected chi connectivity index (χ3v) is 4.29. The van der Waals surface area contributed by atoms with Crippen molar-refractivity contribution in [1.82, 2.24) is 0 Å². The maximum atomic E-state index is 12.5. The molecule has 0 bridgehead atoms. The molecule has 0 aliphatic carbocycles. The van der Waals surface area contributed by atoms with E-state index >= 15 is 0 Å². The zero-order valence-electron chi connectivity index (χ0n) is 14.1. The fourth-order valence-corrected chi connectivity index (χ4v) is 3.03. The van der Waals surface area contributed by atoms with Crippen LogP contribution in [0, 0.1) is 10.1 Å². The minimum absolute atomic E-state index is 0.0927. The van der Waals surface area contributed by atoms with Crippen LogP contribution >= 0.6 is 0 Å². The monoisotopic (exact) mass is 355 g/mol. The van der Waals surface area contributed by atoms with Crippen LogP contribution in [-0.4, -0.2) is 24.8 Å². The molecule has 3 rings (SSSR count). The summed E-state index contributed by atoms with van der Waals surface area (Å²) in [4.78, 5) is 23.1. The van der Waals surface area contributed by atoms with Crippen LogP contribution in [0.15, 0.2) is 55.1 Å². The Bertz CT molecular complexity index is 863. The number of nitro benzene ring substituents is 1. The SMILES string of the molecule is C=CC(c1ccc2c(c1)OCO2)C(C(=O)OC)c1cccc([N+](=O)[O-])c1. The average Bonchev–Trinajstić information content (AvgIpc) is 3.13. The Morgan fingerprint density at radius 3 is 2.69 bits per heavy atom. The Hall–Kier alpha value is -3.35. The number of carbonyl (C=O) groups is 1. The molecule has 2 atom stereocenters. The number of nitrogens with zero attached hydrogens (tertiary/aromatic N) is 1. The zero-order valence-corrected chi connectivity index (χ0v) is 14.1. The minimum atomic E-state index is -0.780. The van der Waals surface area contributed by atoms with Gasteiger partial charge in [0, 0.05) is 18.1 Å². The first kappa shape index (κ1) is 17.5. The summed E-state index contributed by atoms with van der Waals surface area (Å²) in [7, 11) is 1.28. The van der Waals surface area contributed by atoms with Gasteiger partial charge in [0.05, 0.1) is 18.0 Å². The molecule has 7 heteroatoms. The number of non-ortho nitro benzene ring substituents is 1. The summed E-state index contributed by atoms with van der Waals surface area (Å²) in [5.74, 6) is -0.539. The van der Waals surface area contributed by atoms with Crippen molar-refractivity contribution >= 4 is 11.7 Å². The number of fused-ring (bicyclic) bond motifs is 1. The van der Waals surface area contributed by atoms with Crippen molar-refractivity contribution in [3.05, 3.63) is 76.4 Å². The van der Waals surface area contributed by atoms with E-state index in [0.717, 1.165) is 5.56 Å². The summed E-state index contributed by atoms with van der Waals surface area (Å²) >= 11 is 0. The first-order valence-corrected chi connectivity index (χ1v) is 7.89. The lowest BCUT2D eigenvalue weighted by Gasteiger charge is -2.23. The van der Waals surface area contributed by atoms with Crippen LogP contribution < -0.4 is 9.47 Å². The molecule has 26 heavy (non-hydrogen) atoms. The first-order chi connectivity index (χ1) is 12.5. The van der Waals surface area contributed by atoms with Gasteiger partial charge in [0.2, 0.25) is 6.79 Å². The molecule has 1 heterocycles. The second-order valence-electron chi connectivity index (χ2n) is 5.73. The summed E-state index contributed by atoms with van der Waals surface area (Å²) < 4.78 is 15.7. The van der Waals surface area contributed by atoms with Gasteiger partial charge in [-0.3, -0.25) is 14.9 Å². The number of rotatable bonds is 6. The Labute approximate surface area is 150 Å². The van der Waals surface area contributed by atoms with Gasteiger partial charge in [-0.1, -0.05) is 24.3 Å². The van der Waals surface area contributed by atoms with Gasteiger partial charge in [0.1, 0.15) is 0 Å². The van der Waals surface area contributed by atoms with E-state index in [1.807, 2.05) is 6.07 Å². The molecule has 0 saturated carbocycles. The Kier molecular flexibility index (Phi) is 4.88. The maximum Gasteiger partial charge on any atom is 0.314 e. The van der Waals surface area contributed by atoms with Crippen molar-refractivity contribution in [2.75, 3.05) is 13.9 Å². The molecule has 2 aromatic carbocycles. The number of ether oxygens (including phenoxy) is 3. The number of esters is 1. The molecule has 0 saturated heterocycles. The predicted octanol–water partition coefficient (Wildman–Crippen LogP) is 3.55. The second kappa shape index (κ2) is 7.26. The van der Waals surface area contributed by atoms with Crippen molar-refractivity contribution in [3.8, 4) is 11.5 Å². The van der Waals surface area contributed by atoms with E-state index in [0.29, 0.717) is 17.1 Å². The highest BCUT2D eigenvalue weighted by Crippen LogP contribution is 2.40. The van der Waals surface area contributed by atoms with E-state index in [4.69, 9.17) is 14.2 Å². The summed E-state index contributed by atoms with van der Waals surface area (Å²) in [6.45, 7) is 3.98. The number of hydrogen-bond donors (Lipinski definition) is 0. The minimum Gasteiger partial charge on any atom is -0.469 e. The number of nitro groups is 1. The summed E-state index contributed by atoms with van der Waals surface area (Å²) in [5, 5.41) is 11.1. The lowest BCUT2D eigenvalue weighted by Crippen LogP contribution is -2.21. The van der Waals surface area contributed by atoms with E-state index in [1.165, 1.54) is 19.2 Å². The van der Waals surface area contributed by atoms with E-state index in [2.05, 4.69) is 6.58 Å². The van der Waals surface area contributed by atoms with Crippen LogP contribution in [0.2, 0.25) is 0 Å². The third kappa shape index (κ3) is 3.23. The highest BCUT2D eigenvalue weighted by atomic mass is 16.7. The number of carbonyl (C=O) groups excluding carboxylic acids is 1. The summed E-state index contributed by atoms with van der Waals surface area (Å²) in [6, 6.07) is 11.3. The second-order valence-corrected chi connectivity index (χ2v) is 5.73. The number of allylic oxidation sites excluding steroid dienone is 1. The van der Waals surface area contributed by atoms with E-state index < -0.39 is 22.7 Å². The van der Waals surface area contributed by atoms with Crippen LogP contribution in [0.3, 0.4) is 0 Å². The quantitative estimate of drug-likeness (QED) is 0.341. The van der Waals surface area contributed by atoms with Gasteiger partial charge in [-0.25, -0.2) is 0 Å². The fourth-order valence-electron chi connectivity index (χ4n) is 3.03. The predicted molar refractivity (Wildman–Crippen MR) is 93.4 cm³/mol. The van der Waals surface area contributed by atoms with Crippen molar-refractivity contribution in [3.63, 3.8) is 0 Å². The van der Waals surface area contributed by atoms with Crippen LogP contribution in [-0.2, 0) is 9.53 Å². The molecule has 2 unspecified atom stereocenters. The Morgan fingerprint density at radius 2 is 2.00 bits per heavy atom. The molecule has 0 aromatic heterocycles. The van der Waals surface area contributed by atoms with E-state index in [9.17, 15) is 14.9 Å². The lowest BCUT2D eigenvalue weighted by molar-refractivity contribution is -0.384. The van der Waals surface area contributed by atoms with Crippen LogP contribution in [0.1, 0.15) is 23.0 Å². The maximum absolute atomic E-state index is 12.5. The van der Waals surface area contributed by atoms with E-state index in [1.54, 1.807) is 30.3 Å². The van der Waals surface area contributed by atoms with Gasteiger partial charge in [0.15, 0.2) is 11.5 Å². The molecule has 0 N–H and O–H groups in total. The van der Waals surface area contributed by atoms with Crippen LogP contribution in [0.25, 0.3) is 0 Å². The van der Waals surface area contributed by atoms with Gasteiger partial charge in [0.25, 0.3) is 5.69 Å². The van der Waals surface area contributed by atoms with Gasteiger partial charge in [-0.2, -0.15) is 0 Å². The normalized spacial score (nSPS) is 14.3. The molecule has 134 valence electrons. The number of methoxy groups -OCH3 is 1. The Morgan fingerprint density at radius 1 is 1.23 bits per heavy atom. The standard InChI is InChI=1S/C19H17NO6/c1-3-15(12-7-8-16-17(10-12)26-11-25-16)18(19(21)24-2)13-5-4-6-14(9-13)20(22)23/h3-10,15,18H,1,11H2,2H3. The van der Waals surface area contributed by atoms with Gasteiger partial charge in [-0.15, -0.1) is 6.58 Å². The topological polar surface area (TPSA) is 87.9 Å². The van der Waals surface area contributed by atoms with Crippen LogP contribution in [0.4, 0.5) is 5.69 Å². The molecule has 1 aliphatic heterocycles. The Balaban J connectivity index is 2.05. The number of benzene rings is 2. The van der Waals surface area contributed by atoms with Crippen molar-refractivity contribution in [1.29, 1.82) is 0 Å². The third-order valence-electron chi connectivity index (χ3n) is 4.29. The average molecular weight is 355 g/mol. The van der Waals surface area contributed by atoms with Crippen LogP contribution in [0.5, 0.6) is 11.5 Å². The largest absolute Gasteiger partial charge is 0.469 e.